The van der Waals surface area contributed by atoms with Crippen LogP contribution in [0.5, 0.6) is 0 Å². The highest BCUT2D eigenvalue weighted by Gasteiger charge is 2.17. The SMILES string of the molecule is CCCNCc1occc1CN(C)CC1CCCOC1. The third-order valence-corrected chi connectivity index (χ3v) is 3.81. The number of hydrogen-bond donors (Lipinski definition) is 1. The van der Waals surface area contributed by atoms with Gasteiger partial charge in [0.05, 0.1) is 19.4 Å². The van der Waals surface area contributed by atoms with Crippen molar-refractivity contribution in [3.05, 3.63) is 23.7 Å². The molecule has 1 aliphatic heterocycles. The summed E-state index contributed by atoms with van der Waals surface area (Å²) in [7, 11) is 2.19. The minimum absolute atomic E-state index is 0.683. The van der Waals surface area contributed by atoms with Gasteiger partial charge in [-0.1, -0.05) is 6.92 Å². The lowest BCUT2D eigenvalue weighted by atomic mass is 10.0. The van der Waals surface area contributed by atoms with E-state index in [2.05, 4.69) is 30.3 Å². The first-order valence-electron chi connectivity index (χ1n) is 7.81. The Morgan fingerprint density at radius 3 is 3.10 bits per heavy atom. The molecule has 0 aromatic carbocycles. The molecular weight excluding hydrogens is 252 g/mol. The van der Waals surface area contributed by atoms with Gasteiger partial charge in [-0.3, -0.25) is 0 Å². The molecule has 0 radical (unpaired) electrons. The summed E-state index contributed by atoms with van der Waals surface area (Å²) in [5, 5.41) is 3.40. The number of ether oxygens (including phenoxy) is 1. The van der Waals surface area contributed by atoms with Gasteiger partial charge in [0, 0.05) is 25.3 Å². The Labute approximate surface area is 122 Å². The molecule has 20 heavy (non-hydrogen) atoms. The molecule has 4 nitrogen and oxygen atoms in total. The second-order valence-corrected chi connectivity index (χ2v) is 5.83. The number of nitrogens with one attached hydrogen (secondary N) is 1. The van der Waals surface area contributed by atoms with Crippen molar-refractivity contribution in [2.45, 2.75) is 39.3 Å². The van der Waals surface area contributed by atoms with E-state index in [1.165, 1.54) is 18.4 Å². The molecule has 4 heteroatoms. The van der Waals surface area contributed by atoms with Crippen LogP contribution in [0.15, 0.2) is 16.7 Å². The standard InChI is InChI=1S/C16H28N2O2/c1-3-7-17-10-16-15(6-9-20-16)12-18(2)11-14-5-4-8-19-13-14/h6,9,14,17H,3-5,7-8,10-13H2,1-2H3. The molecule has 2 rings (SSSR count). The van der Waals surface area contributed by atoms with Gasteiger partial charge in [0.25, 0.3) is 0 Å². The quantitative estimate of drug-likeness (QED) is 0.743. The highest BCUT2D eigenvalue weighted by Crippen LogP contribution is 2.17. The van der Waals surface area contributed by atoms with Gasteiger partial charge in [-0.15, -0.1) is 0 Å². The average molecular weight is 280 g/mol. The molecule has 1 aliphatic rings. The molecule has 0 spiro atoms. The van der Waals surface area contributed by atoms with Gasteiger partial charge in [-0.05, 0) is 44.8 Å². The van der Waals surface area contributed by atoms with Gasteiger partial charge >= 0.3 is 0 Å². The molecule has 1 N–H and O–H groups in total. The van der Waals surface area contributed by atoms with E-state index in [1.807, 2.05) is 0 Å². The number of hydrogen-bond acceptors (Lipinski definition) is 4. The van der Waals surface area contributed by atoms with E-state index < -0.39 is 0 Å². The Morgan fingerprint density at radius 2 is 2.35 bits per heavy atom. The van der Waals surface area contributed by atoms with Gasteiger partial charge < -0.3 is 19.4 Å². The summed E-state index contributed by atoms with van der Waals surface area (Å²) in [6.07, 6.45) is 5.45. The van der Waals surface area contributed by atoms with Crippen molar-refractivity contribution >= 4 is 0 Å². The van der Waals surface area contributed by atoms with Crippen molar-refractivity contribution in [1.29, 1.82) is 0 Å². The van der Waals surface area contributed by atoms with E-state index in [0.29, 0.717) is 5.92 Å². The zero-order valence-corrected chi connectivity index (χ0v) is 12.9. The van der Waals surface area contributed by atoms with Crippen molar-refractivity contribution in [1.82, 2.24) is 10.2 Å². The highest BCUT2D eigenvalue weighted by molar-refractivity contribution is 5.16. The zero-order valence-electron chi connectivity index (χ0n) is 12.9. The van der Waals surface area contributed by atoms with Gasteiger partial charge in [0.2, 0.25) is 0 Å². The fourth-order valence-corrected chi connectivity index (χ4v) is 2.79. The minimum atomic E-state index is 0.683. The maximum Gasteiger partial charge on any atom is 0.122 e. The highest BCUT2D eigenvalue weighted by atomic mass is 16.5. The van der Waals surface area contributed by atoms with Crippen molar-refractivity contribution < 1.29 is 9.15 Å². The summed E-state index contributed by atoms with van der Waals surface area (Å²) in [6.45, 7) is 7.96. The first kappa shape index (κ1) is 15.5. The third kappa shape index (κ3) is 4.93. The first-order chi connectivity index (χ1) is 9.79. The summed E-state index contributed by atoms with van der Waals surface area (Å²) in [4.78, 5) is 2.38. The fourth-order valence-electron chi connectivity index (χ4n) is 2.79. The second-order valence-electron chi connectivity index (χ2n) is 5.83. The minimum Gasteiger partial charge on any atom is -0.468 e. The Bertz CT molecular complexity index is 372. The van der Waals surface area contributed by atoms with Crippen molar-refractivity contribution in [2.24, 2.45) is 5.92 Å². The monoisotopic (exact) mass is 280 g/mol. The molecule has 1 saturated heterocycles. The topological polar surface area (TPSA) is 37.6 Å². The predicted octanol–water partition coefficient (Wildman–Crippen LogP) is 2.64. The molecule has 1 fully saturated rings. The molecule has 0 amide bonds. The molecule has 2 heterocycles. The molecular formula is C16H28N2O2. The van der Waals surface area contributed by atoms with Crippen LogP contribution >= 0.6 is 0 Å². The van der Waals surface area contributed by atoms with E-state index in [-0.39, 0.29) is 0 Å². The molecule has 1 atom stereocenters. The number of furan rings is 1. The van der Waals surface area contributed by atoms with Crippen molar-refractivity contribution in [2.75, 3.05) is 33.4 Å². The first-order valence-corrected chi connectivity index (χ1v) is 7.81. The number of nitrogens with zero attached hydrogens (tertiary/aromatic N) is 1. The van der Waals surface area contributed by atoms with Gasteiger partial charge in [-0.25, -0.2) is 0 Å². The molecule has 1 unspecified atom stereocenters. The molecule has 114 valence electrons. The van der Waals surface area contributed by atoms with Crippen molar-refractivity contribution in [3.8, 4) is 0 Å². The lowest BCUT2D eigenvalue weighted by molar-refractivity contribution is 0.0411. The predicted molar refractivity (Wildman–Crippen MR) is 80.6 cm³/mol. The second kappa shape index (κ2) is 8.45. The van der Waals surface area contributed by atoms with E-state index in [1.54, 1.807) is 6.26 Å². The van der Waals surface area contributed by atoms with Crippen LogP contribution in [0.1, 0.15) is 37.5 Å². The smallest absolute Gasteiger partial charge is 0.122 e. The summed E-state index contributed by atoms with van der Waals surface area (Å²) in [5.41, 5.74) is 1.30. The molecule has 1 aromatic rings. The molecule has 0 aliphatic carbocycles. The van der Waals surface area contributed by atoms with E-state index in [9.17, 15) is 0 Å². The van der Waals surface area contributed by atoms with Crippen LogP contribution in [0.2, 0.25) is 0 Å². The van der Waals surface area contributed by atoms with E-state index in [0.717, 1.165) is 51.6 Å². The maximum absolute atomic E-state index is 5.59. The largest absolute Gasteiger partial charge is 0.468 e. The van der Waals surface area contributed by atoms with E-state index >= 15 is 0 Å². The summed E-state index contributed by atoms with van der Waals surface area (Å²) in [6, 6.07) is 2.09. The Balaban J connectivity index is 1.78. The fraction of sp³-hybridized carbons (Fsp3) is 0.750. The molecule has 1 aromatic heterocycles. The Hall–Kier alpha value is -0.840. The Morgan fingerprint density at radius 1 is 1.45 bits per heavy atom. The van der Waals surface area contributed by atoms with Crippen LogP contribution in [-0.2, 0) is 17.8 Å². The summed E-state index contributed by atoms with van der Waals surface area (Å²) in [5.74, 6) is 1.76. The summed E-state index contributed by atoms with van der Waals surface area (Å²) < 4.78 is 11.1. The molecule has 0 saturated carbocycles. The van der Waals surface area contributed by atoms with Crippen molar-refractivity contribution in [3.63, 3.8) is 0 Å². The van der Waals surface area contributed by atoms with Crippen LogP contribution in [0.4, 0.5) is 0 Å². The Kier molecular flexibility index (Phi) is 6.57. The zero-order chi connectivity index (χ0) is 14.2. The van der Waals surface area contributed by atoms with Crippen LogP contribution in [0.25, 0.3) is 0 Å². The van der Waals surface area contributed by atoms with Crippen LogP contribution in [-0.4, -0.2) is 38.3 Å². The normalized spacial score (nSPS) is 19.6. The van der Waals surface area contributed by atoms with Gasteiger partial charge in [0.1, 0.15) is 5.76 Å². The van der Waals surface area contributed by atoms with Crippen LogP contribution < -0.4 is 5.32 Å². The number of rotatable bonds is 8. The maximum atomic E-state index is 5.59. The van der Waals surface area contributed by atoms with Gasteiger partial charge in [-0.2, -0.15) is 0 Å². The lowest BCUT2D eigenvalue weighted by Crippen LogP contribution is -2.30. The van der Waals surface area contributed by atoms with Crippen LogP contribution in [0.3, 0.4) is 0 Å². The van der Waals surface area contributed by atoms with E-state index in [4.69, 9.17) is 9.15 Å². The summed E-state index contributed by atoms with van der Waals surface area (Å²) >= 11 is 0. The van der Waals surface area contributed by atoms with Gasteiger partial charge in [0.15, 0.2) is 0 Å². The average Bonchev–Trinajstić information content (AvgIpc) is 2.87. The lowest BCUT2D eigenvalue weighted by Gasteiger charge is -2.27. The van der Waals surface area contributed by atoms with Crippen LogP contribution in [0, 0.1) is 5.92 Å². The molecule has 0 bridgehead atoms. The third-order valence-electron chi connectivity index (χ3n) is 3.81.